The molecule has 1 saturated carbocycles. The van der Waals surface area contributed by atoms with Gasteiger partial charge in [-0.3, -0.25) is 4.79 Å². The second kappa shape index (κ2) is 7.66. The molecule has 7 nitrogen and oxygen atoms in total. The van der Waals surface area contributed by atoms with E-state index in [1.54, 1.807) is 27.2 Å². The first-order valence-corrected chi connectivity index (χ1v) is 9.69. The summed E-state index contributed by atoms with van der Waals surface area (Å²) in [5.41, 5.74) is 2.54. The van der Waals surface area contributed by atoms with Gasteiger partial charge in [-0.2, -0.15) is 9.97 Å². The summed E-state index contributed by atoms with van der Waals surface area (Å²) >= 11 is 0. The molecule has 1 aliphatic heterocycles. The second-order valence-electron chi connectivity index (χ2n) is 7.43. The van der Waals surface area contributed by atoms with Crippen LogP contribution >= 0.6 is 0 Å². The van der Waals surface area contributed by atoms with Crippen LogP contribution in [0.2, 0.25) is 0 Å². The standard InChI is InChI=1S/C21H26N4O3/c1-13(26)22-17-10-11-25(21-23-18(27-2)12-19(24-21)28-3)20(17)16-8-6-15(7-9-16)14-4-5-14/h6-9,12,14,17,20H,4-5,10-11H2,1-3H3,(H,22,26)/t17-,20-/m1/s1. The fourth-order valence-electron chi connectivity index (χ4n) is 3.95. The zero-order chi connectivity index (χ0) is 19.7. The minimum Gasteiger partial charge on any atom is -0.481 e. The highest BCUT2D eigenvalue weighted by Gasteiger charge is 2.38. The monoisotopic (exact) mass is 382 g/mol. The van der Waals surface area contributed by atoms with Crippen molar-refractivity contribution in [3.8, 4) is 11.8 Å². The van der Waals surface area contributed by atoms with Crippen LogP contribution in [0.1, 0.15) is 49.3 Å². The van der Waals surface area contributed by atoms with Crippen LogP contribution in [0.25, 0.3) is 0 Å². The van der Waals surface area contributed by atoms with Gasteiger partial charge in [0.1, 0.15) is 0 Å². The lowest BCUT2D eigenvalue weighted by Crippen LogP contribution is -2.39. The van der Waals surface area contributed by atoms with Gasteiger partial charge in [0.05, 0.1) is 32.4 Å². The zero-order valence-corrected chi connectivity index (χ0v) is 16.5. The summed E-state index contributed by atoms with van der Waals surface area (Å²) in [6.07, 6.45) is 3.37. The number of carbonyl (C=O) groups excluding carboxylic acids is 1. The van der Waals surface area contributed by atoms with Gasteiger partial charge in [-0.1, -0.05) is 24.3 Å². The molecule has 0 unspecified atom stereocenters. The molecule has 2 heterocycles. The van der Waals surface area contributed by atoms with Crippen molar-refractivity contribution in [2.75, 3.05) is 25.7 Å². The Morgan fingerprint density at radius 2 is 1.64 bits per heavy atom. The average molecular weight is 382 g/mol. The van der Waals surface area contributed by atoms with Gasteiger partial charge in [0.25, 0.3) is 0 Å². The number of benzene rings is 1. The van der Waals surface area contributed by atoms with Crippen molar-refractivity contribution < 1.29 is 14.3 Å². The molecular formula is C21H26N4O3. The summed E-state index contributed by atoms with van der Waals surface area (Å²) in [5.74, 6) is 2.13. The van der Waals surface area contributed by atoms with E-state index in [0.717, 1.165) is 18.5 Å². The Labute approximate surface area is 165 Å². The number of ether oxygens (including phenoxy) is 2. The molecule has 4 rings (SSSR count). The Morgan fingerprint density at radius 1 is 1.04 bits per heavy atom. The molecule has 2 aromatic rings. The largest absolute Gasteiger partial charge is 0.481 e. The normalized spacial score (nSPS) is 21.5. The molecule has 1 amide bonds. The van der Waals surface area contributed by atoms with E-state index in [1.165, 1.54) is 18.4 Å². The number of methoxy groups -OCH3 is 2. The minimum atomic E-state index is -0.0473. The van der Waals surface area contributed by atoms with E-state index in [0.29, 0.717) is 23.6 Å². The maximum absolute atomic E-state index is 11.8. The number of nitrogens with zero attached hydrogens (tertiary/aromatic N) is 3. The zero-order valence-electron chi connectivity index (χ0n) is 16.5. The molecule has 0 radical (unpaired) electrons. The van der Waals surface area contributed by atoms with E-state index in [4.69, 9.17) is 9.47 Å². The second-order valence-corrected chi connectivity index (χ2v) is 7.43. The average Bonchev–Trinajstić information content (AvgIpc) is 3.48. The van der Waals surface area contributed by atoms with Gasteiger partial charge >= 0.3 is 0 Å². The molecule has 28 heavy (non-hydrogen) atoms. The molecule has 2 fully saturated rings. The molecule has 7 heteroatoms. The number of rotatable bonds is 6. The Kier molecular flexibility index (Phi) is 5.07. The number of hydrogen-bond donors (Lipinski definition) is 1. The minimum absolute atomic E-state index is 0.00919. The summed E-state index contributed by atoms with van der Waals surface area (Å²) < 4.78 is 10.6. The molecular weight excluding hydrogens is 356 g/mol. The van der Waals surface area contributed by atoms with E-state index in [2.05, 4.69) is 44.5 Å². The van der Waals surface area contributed by atoms with Gasteiger partial charge in [0.2, 0.25) is 23.6 Å². The summed E-state index contributed by atoms with van der Waals surface area (Å²) in [6, 6.07) is 10.4. The Balaban J connectivity index is 1.69. The molecule has 1 aromatic carbocycles. The highest BCUT2D eigenvalue weighted by molar-refractivity contribution is 5.73. The van der Waals surface area contributed by atoms with E-state index < -0.39 is 0 Å². The maximum Gasteiger partial charge on any atom is 0.232 e. The number of carbonyl (C=O) groups is 1. The van der Waals surface area contributed by atoms with Crippen molar-refractivity contribution in [2.45, 2.75) is 44.2 Å². The van der Waals surface area contributed by atoms with Crippen LogP contribution in [0.5, 0.6) is 11.8 Å². The fourth-order valence-corrected chi connectivity index (χ4v) is 3.95. The molecule has 0 bridgehead atoms. The quantitative estimate of drug-likeness (QED) is 0.828. The number of hydrogen-bond acceptors (Lipinski definition) is 6. The van der Waals surface area contributed by atoms with Crippen LogP contribution < -0.4 is 19.7 Å². The summed E-state index contributed by atoms with van der Waals surface area (Å²) in [6.45, 7) is 2.29. The lowest BCUT2D eigenvalue weighted by molar-refractivity contribution is -0.119. The molecule has 1 aromatic heterocycles. The van der Waals surface area contributed by atoms with Crippen LogP contribution in [0.4, 0.5) is 5.95 Å². The molecule has 1 N–H and O–H groups in total. The van der Waals surface area contributed by atoms with E-state index in [9.17, 15) is 4.79 Å². The van der Waals surface area contributed by atoms with Gasteiger partial charge in [0, 0.05) is 13.5 Å². The third-order valence-corrected chi connectivity index (χ3v) is 5.46. The first-order chi connectivity index (χ1) is 13.6. The van der Waals surface area contributed by atoms with Gasteiger partial charge in [-0.25, -0.2) is 0 Å². The SMILES string of the molecule is COc1cc(OC)nc(N2CC[C@@H](NC(C)=O)[C@H]2c2ccc(C3CC3)cc2)n1. The van der Waals surface area contributed by atoms with Crippen LogP contribution in [-0.4, -0.2) is 42.7 Å². The molecule has 148 valence electrons. The predicted molar refractivity (Wildman–Crippen MR) is 106 cm³/mol. The van der Waals surface area contributed by atoms with E-state index in [-0.39, 0.29) is 18.0 Å². The van der Waals surface area contributed by atoms with Gasteiger partial charge in [-0.05, 0) is 36.3 Å². The first-order valence-electron chi connectivity index (χ1n) is 9.69. The number of anilines is 1. The Bertz CT molecular complexity index is 829. The van der Waals surface area contributed by atoms with Crippen LogP contribution in [-0.2, 0) is 4.79 Å². The number of nitrogens with one attached hydrogen (secondary N) is 1. The van der Waals surface area contributed by atoms with Crippen LogP contribution in [0.15, 0.2) is 30.3 Å². The molecule has 2 atom stereocenters. The lowest BCUT2D eigenvalue weighted by atomic mass is 9.98. The first kappa shape index (κ1) is 18.5. The number of amides is 1. The van der Waals surface area contributed by atoms with E-state index >= 15 is 0 Å². The van der Waals surface area contributed by atoms with Gasteiger partial charge in [0.15, 0.2) is 0 Å². The van der Waals surface area contributed by atoms with E-state index in [1.807, 2.05) is 0 Å². The van der Waals surface area contributed by atoms with Crippen molar-refractivity contribution in [3.63, 3.8) is 0 Å². The third kappa shape index (κ3) is 3.74. The Morgan fingerprint density at radius 3 is 2.18 bits per heavy atom. The summed E-state index contributed by atoms with van der Waals surface area (Å²) in [7, 11) is 3.15. The fraction of sp³-hybridized carbons (Fsp3) is 0.476. The summed E-state index contributed by atoms with van der Waals surface area (Å²) in [5, 5.41) is 3.10. The Hall–Kier alpha value is -2.83. The smallest absolute Gasteiger partial charge is 0.232 e. The highest BCUT2D eigenvalue weighted by Crippen LogP contribution is 2.41. The van der Waals surface area contributed by atoms with Crippen molar-refractivity contribution in [1.82, 2.24) is 15.3 Å². The molecule has 0 spiro atoms. The topological polar surface area (TPSA) is 76.6 Å². The van der Waals surface area contributed by atoms with Crippen molar-refractivity contribution in [2.24, 2.45) is 0 Å². The number of aromatic nitrogens is 2. The van der Waals surface area contributed by atoms with Crippen molar-refractivity contribution in [1.29, 1.82) is 0 Å². The van der Waals surface area contributed by atoms with Gasteiger partial charge in [-0.15, -0.1) is 0 Å². The predicted octanol–water partition coefficient (Wildman–Crippen LogP) is 2.83. The lowest BCUT2D eigenvalue weighted by Gasteiger charge is -2.29. The third-order valence-electron chi connectivity index (χ3n) is 5.46. The summed E-state index contributed by atoms with van der Waals surface area (Å²) in [4.78, 5) is 22.9. The molecule has 1 aliphatic carbocycles. The van der Waals surface area contributed by atoms with Crippen molar-refractivity contribution in [3.05, 3.63) is 41.5 Å². The van der Waals surface area contributed by atoms with Crippen LogP contribution in [0.3, 0.4) is 0 Å². The molecule has 1 saturated heterocycles. The maximum atomic E-state index is 11.8. The van der Waals surface area contributed by atoms with Gasteiger partial charge < -0.3 is 19.7 Å². The highest BCUT2D eigenvalue weighted by atomic mass is 16.5. The van der Waals surface area contributed by atoms with Crippen molar-refractivity contribution >= 4 is 11.9 Å². The molecule has 2 aliphatic rings. The van der Waals surface area contributed by atoms with Crippen LogP contribution in [0, 0.1) is 0 Å².